The fraction of sp³-hybridized carbons (Fsp3) is 0.500. The quantitative estimate of drug-likeness (QED) is 0.648. The minimum Gasteiger partial charge on any atom is -0.370 e. The van der Waals surface area contributed by atoms with Crippen LogP contribution in [0.25, 0.3) is 0 Å². The Balaban J connectivity index is 1.72. The van der Waals surface area contributed by atoms with E-state index >= 15 is 0 Å². The van der Waals surface area contributed by atoms with Gasteiger partial charge in [0.15, 0.2) is 5.96 Å². The van der Waals surface area contributed by atoms with Gasteiger partial charge in [0, 0.05) is 23.1 Å². The number of nitrogens with two attached hydrogens (primary N) is 1. The summed E-state index contributed by atoms with van der Waals surface area (Å²) >= 11 is 11.9. The summed E-state index contributed by atoms with van der Waals surface area (Å²) in [5.41, 5.74) is 6.91. The van der Waals surface area contributed by atoms with Crippen LogP contribution in [0.15, 0.2) is 23.2 Å². The number of rotatable bonds is 5. The van der Waals surface area contributed by atoms with Gasteiger partial charge in [-0.3, -0.25) is 4.99 Å². The number of nitrogens with one attached hydrogen (secondary N) is 1. The first-order valence-electron chi connectivity index (χ1n) is 6.62. The minimum atomic E-state index is 0.528. The third-order valence-corrected chi connectivity index (χ3v) is 3.82. The van der Waals surface area contributed by atoms with E-state index in [1.165, 1.54) is 19.3 Å². The Morgan fingerprint density at radius 3 is 2.53 bits per heavy atom. The van der Waals surface area contributed by atoms with Crippen molar-refractivity contribution in [2.45, 2.75) is 25.7 Å². The van der Waals surface area contributed by atoms with Gasteiger partial charge in [-0.15, -0.1) is 0 Å². The van der Waals surface area contributed by atoms with Crippen molar-refractivity contribution in [1.29, 1.82) is 0 Å². The van der Waals surface area contributed by atoms with Crippen molar-refractivity contribution in [3.05, 3.63) is 33.8 Å². The third kappa shape index (κ3) is 4.92. The van der Waals surface area contributed by atoms with Crippen LogP contribution in [0.1, 0.15) is 24.8 Å². The second-order valence-corrected chi connectivity index (χ2v) is 5.85. The molecule has 0 aliphatic heterocycles. The van der Waals surface area contributed by atoms with Crippen molar-refractivity contribution in [3.8, 4) is 0 Å². The molecule has 1 aromatic rings. The second kappa shape index (κ2) is 7.01. The van der Waals surface area contributed by atoms with Crippen LogP contribution in [0.4, 0.5) is 0 Å². The van der Waals surface area contributed by atoms with Crippen molar-refractivity contribution in [1.82, 2.24) is 5.32 Å². The highest BCUT2D eigenvalue weighted by Crippen LogP contribution is 2.26. The molecule has 0 amide bonds. The topological polar surface area (TPSA) is 50.4 Å². The molecule has 1 aliphatic rings. The first-order valence-corrected chi connectivity index (χ1v) is 7.38. The van der Waals surface area contributed by atoms with Gasteiger partial charge in [0.25, 0.3) is 0 Å². The summed E-state index contributed by atoms with van der Waals surface area (Å²) in [7, 11) is 0. The van der Waals surface area contributed by atoms with Crippen LogP contribution in [0.2, 0.25) is 10.0 Å². The van der Waals surface area contributed by atoms with E-state index in [1.54, 1.807) is 6.07 Å². The molecule has 0 bridgehead atoms. The number of halogens is 2. The molecule has 5 heteroatoms. The molecule has 0 saturated heterocycles. The zero-order valence-electron chi connectivity index (χ0n) is 10.8. The average molecular weight is 300 g/mol. The van der Waals surface area contributed by atoms with Gasteiger partial charge in [0.05, 0.1) is 0 Å². The number of aliphatic imine (C=N–C) groups is 1. The molecule has 2 rings (SSSR count). The fourth-order valence-electron chi connectivity index (χ4n) is 2.05. The van der Waals surface area contributed by atoms with Gasteiger partial charge in [0.2, 0.25) is 0 Å². The predicted octanol–water partition coefficient (Wildman–Crippen LogP) is 3.24. The lowest BCUT2D eigenvalue weighted by Gasteiger charge is -2.23. The number of hydrogen-bond acceptors (Lipinski definition) is 1. The van der Waals surface area contributed by atoms with E-state index in [2.05, 4.69) is 10.3 Å². The molecule has 1 aromatic carbocycles. The standard InChI is InChI=1S/C14H19Cl2N3/c15-12-6-11(7-13(16)8-12)4-5-18-14(17)19-9-10-2-1-3-10/h6-8,10H,1-5,9H2,(H3,17,18,19). The molecule has 0 radical (unpaired) electrons. The zero-order chi connectivity index (χ0) is 13.7. The second-order valence-electron chi connectivity index (χ2n) is 4.98. The molecule has 3 nitrogen and oxygen atoms in total. The van der Waals surface area contributed by atoms with E-state index in [1.807, 2.05) is 12.1 Å². The van der Waals surface area contributed by atoms with Crippen LogP contribution in [-0.2, 0) is 6.42 Å². The van der Waals surface area contributed by atoms with Crippen molar-refractivity contribution in [2.24, 2.45) is 16.6 Å². The summed E-state index contributed by atoms with van der Waals surface area (Å²) in [5.74, 6) is 1.27. The molecule has 0 spiro atoms. The number of nitrogens with zero attached hydrogens (tertiary/aromatic N) is 1. The van der Waals surface area contributed by atoms with E-state index < -0.39 is 0 Å². The maximum atomic E-state index is 5.95. The SMILES string of the molecule is NC(=NCC1CCC1)NCCc1cc(Cl)cc(Cl)c1. The maximum absolute atomic E-state index is 5.95. The van der Waals surface area contributed by atoms with Crippen molar-refractivity contribution in [2.75, 3.05) is 13.1 Å². The molecule has 3 N–H and O–H groups in total. The first-order chi connectivity index (χ1) is 9.13. The number of guanidine groups is 1. The van der Waals surface area contributed by atoms with Crippen LogP contribution in [0.5, 0.6) is 0 Å². The fourth-order valence-corrected chi connectivity index (χ4v) is 2.62. The number of benzene rings is 1. The molecule has 0 heterocycles. The average Bonchev–Trinajstić information content (AvgIpc) is 2.25. The van der Waals surface area contributed by atoms with Crippen molar-refractivity contribution in [3.63, 3.8) is 0 Å². The largest absolute Gasteiger partial charge is 0.370 e. The lowest BCUT2D eigenvalue weighted by molar-refractivity contribution is 0.326. The molecular weight excluding hydrogens is 281 g/mol. The van der Waals surface area contributed by atoms with Crippen LogP contribution in [0, 0.1) is 5.92 Å². The summed E-state index contributed by atoms with van der Waals surface area (Å²) in [6.07, 6.45) is 4.73. The third-order valence-electron chi connectivity index (χ3n) is 3.39. The first kappa shape index (κ1) is 14.5. The lowest BCUT2D eigenvalue weighted by Crippen LogP contribution is -2.34. The Morgan fingerprint density at radius 2 is 1.95 bits per heavy atom. The zero-order valence-corrected chi connectivity index (χ0v) is 12.3. The maximum Gasteiger partial charge on any atom is 0.188 e. The Labute approximate surface area is 124 Å². The molecular formula is C14H19Cl2N3. The van der Waals surface area contributed by atoms with E-state index in [9.17, 15) is 0 Å². The number of hydrogen-bond donors (Lipinski definition) is 2. The van der Waals surface area contributed by atoms with Crippen molar-refractivity contribution < 1.29 is 0 Å². The highest BCUT2D eigenvalue weighted by molar-refractivity contribution is 6.34. The Morgan fingerprint density at radius 1 is 1.26 bits per heavy atom. The summed E-state index contributed by atoms with van der Waals surface area (Å²) in [5, 5.41) is 4.44. The molecule has 1 saturated carbocycles. The van der Waals surface area contributed by atoms with E-state index in [0.717, 1.165) is 31.0 Å². The lowest BCUT2D eigenvalue weighted by atomic mass is 9.86. The Kier molecular flexibility index (Phi) is 5.34. The summed E-state index contributed by atoms with van der Waals surface area (Å²) in [6.45, 7) is 1.58. The highest BCUT2D eigenvalue weighted by Gasteiger charge is 2.16. The normalized spacial score (nSPS) is 16.2. The predicted molar refractivity (Wildman–Crippen MR) is 82.0 cm³/mol. The van der Waals surface area contributed by atoms with Crippen LogP contribution < -0.4 is 11.1 Å². The Hall–Kier alpha value is -0.930. The van der Waals surface area contributed by atoms with Crippen LogP contribution in [0.3, 0.4) is 0 Å². The van der Waals surface area contributed by atoms with Crippen molar-refractivity contribution >= 4 is 29.2 Å². The highest BCUT2D eigenvalue weighted by atomic mass is 35.5. The van der Waals surface area contributed by atoms with Crippen LogP contribution in [-0.4, -0.2) is 19.0 Å². The van der Waals surface area contributed by atoms with Gasteiger partial charge in [0.1, 0.15) is 0 Å². The van der Waals surface area contributed by atoms with Gasteiger partial charge < -0.3 is 11.1 Å². The molecule has 19 heavy (non-hydrogen) atoms. The molecule has 0 aromatic heterocycles. The molecule has 0 unspecified atom stereocenters. The van der Waals surface area contributed by atoms with E-state index in [0.29, 0.717) is 16.0 Å². The summed E-state index contributed by atoms with van der Waals surface area (Å²) in [6, 6.07) is 5.56. The van der Waals surface area contributed by atoms with E-state index in [-0.39, 0.29) is 0 Å². The monoisotopic (exact) mass is 299 g/mol. The van der Waals surface area contributed by atoms with Gasteiger partial charge in [-0.25, -0.2) is 0 Å². The minimum absolute atomic E-state index is 0.528. The van der Waals surface area contributed by atoms with Gasteiger partial charge in [-0.05, 0) is 48.9 Å². The van der Waals surface area contributed by atoms with Gasteiger partial charge in [-0.1, -0.05) is 29.6 Å². The van der Waals surface area contributed by atoms with Gasteiger partial charge in [-0.2, -0.15) is 0 Å². The Bertz CT molecular complexity index is 436. The van der Waals surface area contributed by atoms with E-state index in [4.69, 9.17) is 28.9 Å². The smallest absolute Gasteiger partial charge is 0.188 e. The molecule has 1 fully saturated rings. The summed E-state index contributed by atoms with van der Waals surface area (Å²) in [4.78, 5) is 4.34. The molecule has 104 valence electrons. The van der Waals surface area contributed by atoms with Crippen LogP contribution >= 0.6 is 23.2 Å². The van der Waals surface area contributed by atoms with Gasteiger partial charge >= 0.3 is 0 Å². The molecule has 1 aliphatic carbocycles. The summed E-state index contributed by atoms with van der Waals surface area (Å²) < 4.78 is 0. The molecule has 0 atom stereocenters.